The first-order valence-electron chi connectivity index (χ1n) is 10.2. The molecule has 0 aromatic carbocycles. The number of nitrogens with two attached hydrogens (primary N) is 1. The Hall–Kier alpha value is -1.63. The molecule has 7 nitrogen and oxygen atoms in total. The van der Waals surface area contributed by atoms with E-state index < -0.39 is 18.1 Å². The Morgan fingerprint density at radius 3 is 2.19 bits per heavy atom. The van der Waals surface area contributed by atoms with E-state index in [0.717, 1.165) is 32.1 Å². The van der Waals surface area contributed by atoms with Gasteiger partial charge in [0.15, 0.2) is 0 Å². The quantitative estimate of drug-likeness (QED) is 0.459. The number of hydrogen-bond donors (Lipinski definition) is 4. The highest BCUT2D eigenvalue weighted by atomic mass is 16.4. The predicted octanol–water partition coefficient (Wildman–Crippen LogP) is 1.90. The Morgan fingerprint density at radius 1 is 1.11 bits per heavy atom. The molecule has 27 heavy (non-hydrogen) atoms. The molecule has 2 amide bonds. The van der Waals surface area contributed by atoms with Crippen molar-refractivity contribution in [3.63, 3.8) is 0 Å². The van der Waals surface area contributed by atoms with Crippen molar-refractivity contribution < 1.29 is 19.5 Å². The molecule has 0 heterocycles. The van der Waals surface area contributed by atoms with Crippen LogP contribution < -0.4 is 16.4 Å². The Morgan fingerprint density at radius 2 is 1.70 bits per heavy atom. The molecule has 0 aromatic rings. The highest BCUT2D eigenvalue weighted by molar-refractivity contribution is 5.85. The fraction of sp³-hybridized carbons (Fsp3) is 0.850. The zero-order valence-electron chi connectivity index (χ0n) is 17.2. The van der Waals surface area contributed by atoms with Crippen LogP contribution in [0.2, 0.25) is 0 Å². The molecule has 0 saturated heterocycles. The molecule has 0 spiro atoms. The van der Waals surface area contributed by atoms with Gasteiger partial charge in [-0.15, -0.1) is 0 Å². The SMILES string of the molecule is CCC(C)[C@H](N)C(=O)NCC1CCC(C(=O)N[C@H](CC(C)C)C(=O)O)CC1. The first-order chi connectivity index (χ1) is 12.6. The highest BCUT2D eigenvalue weighted by Crippen LogP contribution is 2.28. The number of nitrogens with one attached hydrogen (secondary N) is 2. The number of amides is 2. The molecule has 5 N–H and O–H groups in total. The second-order valence-electron chi connectivity index (χ2n) is 8.40. The Kier molecular flexibility index (Phi) is 9.77. The average molecular weight is 384 g/mol. The summed E-state index contributed by atoms with van der Waals surface area (Å²) in [6, 6.07) is -1.30. The van der Waals surface area contributed by atoms with Crippen LogP contribution in [0.25, 0.3) is 0 Å². The maximum Gasteiger partial charge on any atom is 0.326 e. The van der Waals surface area contributed by atoms with E-state index in [2.05, 4.69) is 10.6 Å². The van der Waals surface area contributed by atoms with Crippen molar-refractivity contribution in [1.82, 2.24) is 10.6 Å². The van der Waals surface area contributed by atoms with E-state index >= 15 is 0 Å². The smallest absolute Gasteiger partial charge is 0.326 e. The average Bonchev–Trinajstić information content (AvgIpc) is 2.64. The summed E-state index contributed by atoms with van der Waals surface area (Å²) in [5.41, 5.74) is 5.94. The summed E-state index contributed by atoms with van der Waals surface area (Å²) < 4.78 is 0. The van der Waals surface area contributed by atoms with E-state index in [1.54, 1.807) is 0 Å². The zero-order chi connectivity index (χ0) is 20.6. The number of carbonyl (C=O) groups excluding carboxylic acids is 2. The molecule has 156 valence electrons. The van der Waals surface area contributed by atoms with Gasteiger partial charge >= 0.3 is 5.97 Å². The number of carboxylic acids is 1. The summed E-state index contributed by atoms with van der Waals surface area (Å²) in [5.74, 6) is -0.705. The van der Waals surface area contributed by atoms with E-state index in [-0.39, 0.29) is 29.6 Å². The molecular weight excluding hydrogens is 346 g/mol. The van der Waals surface area contributed by atoms with Gasteiger partial charge in [0.1, 0.15) is 6.04 Å². The maximum absolute atomic E-state index is 12.4. The van der Waals surface area contributed by atoms with Gasteiger partial charge in [-0.25, -0.2) is 4.79 Å². The molecule has 0 aliphatic heterocycles. The summed E-state index contributed by atoms with van der Waals surface area (Å²) >= 11 is 0. The highest BCUT2D eigenvalue weighted by Gasteiger charge is 2.30. The van der Waals surface area contributed by atoms with E-state index in [4.69, 9.17) is 5.73 Å². The van der Waals surface area contributed by atoms with Gasteiger partial charge < -0.3 is 21.5 Å². The summed E-state index contributed by atoms with van der Waals surface area (Å²) in [7, 11) is 0. The standard InChI is InChI=1S/C20H37N3O4/c1-5-13(4)17(21)19(25)22-11-14-6-8-15(9-7-14)18(24)23-16(20(26)27)10-12(2)3/h12-17H,5-11,21H2,1-4H3,(H,22,25)(H,23,24)(H,26,27)/t13?,14?,15?,16-,17+/m1/s1. The van der Waals surface area contributed by atoms with Crippen LogP contribution in [0, 0.1) is 23.7 Å². The lowest BCUT2D eigenvalue weighted by atomic mass is 9.81. The van der Waals surface area contributed by atoms with Crippen molar-refractivity contribution in [2.75, 3.05) is 6.54 Å². The molecule has 1 rings (SSSR count). The van der Waals surface area contributed by atoms with Crippen LogP contribution in [0.3, 0.4) is 0 Å². The Balaban J connectivity index is 2.39. The number of carbonyl (C=O) groups is 3. The maximum atomic E-state index is 12.4. The van der Waals surface area contributed by atoms with E-state index in [0.29, 0.717) is 18.9 Å². The molecule has 1 saturated carbocycles. The molecular formula is C20H37N3O4. The fourth-order valence-corrected chi connectivity index (χ4v) is 3.49. The summed E-state index contributed by atoms with van der Waals surface area (Å²) in [4.78, 5) is 35.8. The van der Waals surface area contributed by atoms with Crippen LogP contribution >= 0.6 is 0 Å². The lowest BCUT2D eigenvalue weighted by Gasteiger charge is -2.29. The number of hydrogen-bond acceptors (Lipinski definition) is 4. The van der Waals surface area contributed by atoms with Crippen LogP contribution in [0.5, 0.6) is 0 Å². The molecule has 0 aromatic heterocycles. The van der Waals surface area contributed by atoms with Gasteiger partial charge in [0.25, 0.3) is 0 Å². The summed E-state index contributed by atoms with van der Waals surface area (Å²) in [5, 5.41) is 14.9. The van der Waals surface area contributed by atoms with Crippen molar-refractivity contribution in [2.24, 2.45) is 29.4 Å². The molecule has 1 unspecified atom stereocenters. The minimum Gasteiger partial charge on any atom is -0.480 e. The lowest BCUT2D eigenvalue weighted by molar-refractivity contribution is -0.143. The van der Waals surface area contributed by atoms with Crippen LogP contribution in [-0.2, 0) is 14.4 Å². The second-order valence-corrected chi connectivity index (χ2v) is 8.40. The topological polar surface area (TPSA) is 122 Å². The zero-order valence-corrected chi connectivity index (χ0v) is 17.2. The van der Waals surface area contributed by atoms with Crippen molar-refractivity contribution in [2.45, 2.75) is 78.3 Å². The molecule has 1 aliphatic carbocycles. The second kappa shape index (κ2) is 11.3. The summed E-state index contributed by atoms with van der Waals surface area (Å²) in [6.45, 7) is 8.45. The van der Waals surface area contributed by atoms with Crippen molar-refractivity contribution in [3.8, 4) is 0 Å². The van der Waals surface area contributed by atoms with Crippen LogP contribution in [-0.4, -0.2) is 41.5 Å². The van der Waals surface area contributed by atoms with Gasteiger partial charge in [-0.2, -0.15) is 0 Å². The van der Waals surface area contributed by atoms with Gasteiger partial charge in [-0.3, -0.25) is 9.59 Å². The number of rotatable bonds is 10. The molecule has 3 atom stereocenters. The van der Waals surface area contributed by atoms with Gasteiger partial charge in [-0.1, -0.05) is 34.1 Å². The number of carboxylic acid groups (broad SMARTS) is 1. The van der Waals surface area contributed by atoms with Crippen molar-refractivity contribution >= 4 is 17.8 Å². The molecule has 0 radical (unpaired) electrons. The minimum atomic E-state index is -0.980. The van der Waals surface area contributed by atoms with Gasteiger partial charge in [0.2, 0.25) is 11.8 Å². The number of aliphatic carboxylic acids is 1. The van der Waals surface area contributed by atoms with E-state index in [1.807, 2.05) is 27.7 Å². The van der Waals surface area contributed by atoms with Gasteiger partial charge in [0.05, 0.1) is 6.04 Å². The normalized spacial score (nSPS) is 23.3. The third-order valence-electron chi connectivity index (χ3n) is 5.66. The fourth-order valence-electron chi connectivity index (χ4n) is 3.49. The first kappa shape index (κ1) is 23.4. The van der Waals surface area contributed by atoms with Crippen molar-refractivity contribution in [1.29, 1.82) is 0 Å². The monoisotopic (exact) mass is 383 g/mol. The lowest BCUT2D eigenvalue weighted by Crippen LogP contribution is -2.47. The van der Waals surface area contributed by atoms with E-state index in [9.17, 15) is 19.5 Å². The minimum absolute atomic E-state index is 0.109. The van der Waals surface area contributed by atoms with Crippen LogP contribution in [0.4, 0.5) is 0 Å². The third-order valence-corrected chi connectivity index (χ3v) is 5.66. The van der Waals surface area contributed by atoms with Gasteiger partial charge in [0, 0.05) is 12.5 Å². The van der Waals surface area contributed by atoms with Crippen molar-refractivity contribution in [3.05, 3.63) is 0 Å². The molecule has 0 bridgehead atoms. The summed E-state index contributed by atoms with van der Waals surface area (Å²) in [6.07, 6.45) is 4.43. The molecule has 1 fully saturated rings. The Bertz CT molecular complexity index is 501. The Labute approximate surface area is 162 Å². The first-order valence-corrected chi connectivity index (χ1v) is 10.2. The molecule has 7 heteroatoms. The predicted molar refractivity (Wildman–Crippen MR) is 105 cm³/mol. The van der Waals surface area contributed by atoms with Crippen LogP contribution in [0.1, 0.15) is 66.2 Å². The molecule has 1 aliphatic rings. The van der Waals surface area contributed by atoms with Gasteiger partial charge in [-0.05, 0) is 49.9 Å². The van der Waals surface area contributed by atoms with Crippen LogP contribution in [0.15, 0.2) is 0 Å². The largest absolute Gasteiger partial charge is 0.480 e. The van der Waals surface area contributed by atoms with E-state index in [1.165, 1.54) is 0 Å². The third kappa shape index (κ3) is 7.87.